The minimum atomic E-state index is -3.57. The summed E-state index contributed by atoms with van der Waals surface area (Å²) in [7, 11) is -3.57. The largest absolute Gasteiger partial charge is 0.506 e. The molecule has 1 aliphatic heterocycles. The van der Waals surface area contributed by atoms with Crippen molar-refractivity contribution >= 4 is 33.4 Å². The standard InChI is InChI=1S/C15H22N2O4S2/c1-2-9-22-11-15(19)16-13-10-12(5-6-14(13)18)23(20,21)17-7-3-4-8-17/h5-6,10,18H,2-4,7-9,11H2,1H3,(H,16,19). The van der Waals surface area contributed by atoms with Crippen LogP contribution < -0.4 is 5.32 Å². The summed E-state index contributed by atoms with van der Waals surface area (Å²) < 4.78 is 26.5. The fraction of sp³-hybridized carbons (Fsp3) is 0.533. The Morgan fingerprint density at radius 2 is 2.04 bits per heavy atom. The van der Waals surface area contributed by atoms with Crippen molar-refractivity contribution in [3.05, 3.63) is 18.2 Å². The number of phenols is 1. The highest BCUT2D eigenvalue weighted by atomic mass is 32.2. The lowest BCUT2D eigenvalue weighted by atomic mass is 10.3. The molecule has 0 aliphatic carbocycles. The summed E-state index contributed by atoms with van der Waals surface area (Å²) in [6.07, 6.45) is 2.69. The topological polar surface area (TPSA) is 86.7 Å². The predicted octanol–water partition coefficient (Wildman–Crippen LogP) is 2.26. The molecule has 1 amide bonds. The van der Waals surface area contributed by atoms with Crippen LogP contribution in [0.5, 0.6) is 5.75 Å². The van der Waals surface area contributed by atoms with Gasteiger partial charge in [-0.2, -0.15) is 16.1 Å². The van der Waals surface area contributed by atoms with Crippen molar-refractivity contribution in [2.75, 3.05) is 29.9 Å². The number of anilines is 1. The number of thioether (sulfide) groups is 1. The Balaban J connectivity index is 2.14. The SMILES string of the molecule is CCCSCC(=O)Nc1cc(S(=O)(=O)N2CCCC2)ccc1O. The van der Waals surface area contributed by atoms with E-state index in [1.54, 1.807) is 0 Å². The first-order valence-electron chi connectivity index (χ1n) is 7.66. The fourth-order valence-corrected chi connectivity index (χ4v) is 4.58. The van der Waals surface area contributed by atoms with Gasteiger partial charge in [-0.05, 0) is 43.2 Å². The number of carbonyl (C=O) groups excluding carboxylic acids is 1. The minimum absolute atomic E-state index is 0.0914. The molecule has 1 heterocycles. The molecule has 0 aromatic heterocycles. The molecule has 0 saturated carbocycles. The van der Waals surface area contributed by atoms with Crippen LogP contribution in [0.2, 0.25) is 0 Å². The van der Waals surface area contributed by atoms with Gasteiger partial charge in [-0.1, -0.05) is 6.92 Å². The smallest absolute Gasteiger partial charge is 0.243 e. The average Bonchev–Trinajstić information content (AvgIpc) is 3.04. The molecule has 128 valence electrons. The molecule has 1 aromatic carbocycles. The van der Waals surface area contributed by atoms with Gasteiger partial charge >= 0.3 is 0 Å². The number of hydrogen-bond acceptors (Lipinski definition) is 5. The summed E-state index contributed by atoms with van der Waals surface area (Å²) in [5, 5.41) is 12.4. The Hall–Kier alpha value is -1.25. The zero-order chi connectivity index (χ0) is 16.9. The van der Waals surface area contributed by atoms with E-state index in [4.69, 9.17) is 0 Å². The van der Waals surface area contributed by atoms with E-state index in [1.807, 2.05) is 6.92 Å². The maximum Gasteiger partial charge on any atom is 0.243 e. The molecular weight excluding hydrogens is 336 g/mol. The second kappa shape index (κ2) is 8.03. The van der Waals surface area contributed by atoms with Crippen LogP contribution in [0.3, 0.4) is 0 Å². The third kappa shape index (κ3) is 4.62. The predicted molar refractivity (Wildman–Crippen MR) is 92.3 cm³/mol. The summed E-state index contributed by atoms with van der Waals surface area (Å²) >= 11 is 1.50. The number of phenolic OH excluding ortho intramolecular Hbond substituents is 1. The van der Waals surface area contributed by atoms with E-state index in [2.05, 4.69) is 5.32 Å². The lowest BCUT2D eigenvalue weighted by Crippen LogP contribution is -2.28. The fourth-order valence-electron chi connectivity index (χ4n) is 2.35. The first-order chi connectivity index (χ1) is 10.9. The van der Waals surface area contributed by atoms with Crippen LogP contribution in [0.25, 0.3) is 0 Å². The molecule has 0 bridgehead atoms. The zero-order valence-electron chi connectivity index (χ0n) is 13.1. The van der Waals surface area contributed by atoms with Crippen molar-refractivity contribution in [3.8, 4) is 5.75 Å². The van der Waals surface area contributed by atoms with Crippen molar-refractivity contribution in [2.24, 2.45) is 0 Å². The van der Waals surface area contributed by atoms with Crippen molar-refractivity contribution in [1.29, 1.82) is 0 Å². The molecule has 0 unspecified atom stereocenters. The van der Waals surface area contributed by atoms with E-state index in [0.29, 0.717) is 13.1 Å². The van der Waals surface area contributed by atoms with Crippen LogP contribution in [0.15, 0.2) is 23.1 Å². The molecule has 2 N–H and O–H groups in total. The highest BCUT2D eigenvalue weighted by Crippen LogP contribution is 2.29. The van der Waals surface area contributed by atoms with Gasteiger partial charge in [-0.3, -0.25) is 4.79 Å². The maximum atomic E-state index is 12.5. The van der Waals surface area contributed by atoms with E-state index in [1.165, 1.54) is 34.3 Å². The van der Waals surface area contributed by atoms with E-state index in [0.717, 1.165) is 25.0 Å². The number of amides is 1. The lowest BCUT2D eigenvalue weighted by molar-refractivity contribution is -0.113. The Morgan fingerprint density at radius 3 is 2.70 bits per heavy atom. The summed E-state index contributed by atoms with van der Waals surface area (Å²) in [4.78, 5) is 11.9. The quantitative estimate of drug-likeness (QED) is 0.577. The van der Waals surface area contributed by atoms with Crippen molar-refractivity contribution < 1.29 is 18.3 Å². The Morgan fingerprint density at radius 1 is 1.35 bits per heavy atom. The molecule has 1 aliphatic rings. The number of aromatic hydroxyl groups is 1. The number of hydrogen-bond donors (Lipinski definition) is 2. The number of rotatable bonds is 7. The summed E-state index contributed by atoms with van der Waals surface area (Å²) in [5.74, 6) is 0.757. The highest BCUT2D eigenvalue weighted by molar-refractivity contribution is 7.99. The lowest BCUT2D eigenvalue weighted by Gasteiger charge is -2.16. The maximum absolute atomic E-state index is 12.5. The molecule has 1 aromatic rings. The van der Waals surface area contributed by atoms with Crippen LogP contribution in [-0.4, -0.2) is 48.3 Å². The monoisotopic (exact) mass is 358 g/mol. The molecule has 8 heteroatoms. The molecular formula is C15H22N2O4S2. The molecule has 23 heavy (non-hydrogen) atoms. The highest BCUT2D eigenvalue weighted by Gasteiger charge is 2.27. The van der Waals surface area contributed by atoms with Crippen molar-refractivity contribution in [2.45, 2.75) is 31.1 Å². The molecule has 6 nitrogen and oxygen atoms in total. The molecule has 0 atom stereocenters. The van der Waals surface area contributed by atoms with Crippen LogP contribution in [0, 0.1) is 0 Å². The van der Waals surface area contributed by atoms with Gasteiger partial charge in [0, 0.05) is 13.1 Å². The summed E-state index contributed by atoms with van der Waals surface area (Å²) in [5.41, 5.74) is 0.132. The summed E-state index contributed by atoms with van der Waals surface area (Å²) in [6.45, 7) is 3.06. The third-order valence-corrected chi connectivity index (χ3v) is 6.58. The molecule has 0 spiro atoms. The van der Waals surface area contributed by atoms with Gasteiger partial charge in [-0.25, -0.2) is 8.42 Å². The van der Waals surface area contributed by atoms with E-state index >= 15 is 0 Å². The number of nitrogens with one attached hydrogen (secondary N) is 1. The van der Waals surface area contributed by atoms with E-state index < -0.39 is 10.0 Å². The van der Waals surface area contributed by atoms with Crippen LogP contribution in [0.1, 0.15) is 26.2 Å². The van der Waals surface area contributed by atoms with Gasteiger partial charge in [0.2, 0.25) is 15.9 Å². The third-order valence-electron chi connectivity index (χ3n) is 3.53. The summed E-state index contributed by atoms with van der Waals surface area (Å²) in [6, 6.07) is 3.99. The van der Waals surface area contributed by atoms with Gasteiger partial charge in [0.25, 0.3) is 0 Å². The van der Waals surface area contributed by atoms with Gasteiger partial charge in [0.15, 0.2) is 0 Å². The van der Waals surface area contributed by atoms with E-state index in [-0.39, 0.29) is 28.0 Å². The Kier molecular flexibility index (Phi) is 6.32. The Labute approximate surface area is 141 Å². The second-order valence-corrected chi connectivity index (χ2v) is 8.43. The first kappa shape index (κ1) is 18.1. The number of carbonyl (C=O) groups is 1. The van der Waals surface area contributed by atoms with Crippen LogP contribution in [0.4, 0.5) is 5.69 Å². The number of nitrogens with zero attached hydrogens (tertiary/aromatic N) is 1. The number of sulfonamides is 1. The molecule has 2 rings (SSSR count). The van der Waals surface area contributed by atoms with Crippen molar-refractivity contribution in [3.63, 3.8) is 0 Å². The minimum Gasteiger partial charge on any atom is -0.506 e. The van der Waals surface area contributed by atoms with Crippen molar-refractivity contribution in [1.82, 2.24) is 4.31 Å². The first-order valence-corrected chi connectivity index (χ1v) is 10.3. The van der Waals surface area contributed by atoms with E-state index in [9.17, 15) is 18.3 Å². The Bertz CT molecular complexity index is 655. The molecule has 1 saturated heterocycles. The van der Waals surface area contributed by atoms with Gasteiger partial charge in [-0.15, -0.1) is 0 Å². The normalized spacial score (nSPS) is 15.7. The van der Waals surface area contributed by atoms with Crippen LogP contribution in [-0.2, 0) is 14.8 Å². The molecule has 1 fully saturated rings. The van der Waals surface area contributed by atoms with Gasteiger partial charge in [0.05, 0.1) is 16.3 Å². The zero-order valence-corrected chi connectivity index (χ0v) is 14.8. The molecule has 0 radical (unpaired) electrons. The van der Waals surface area contributed by atoms with Gasteiger partial charge < -0.3 is 10.4 Å². The second-order valence-electron chi connectivity index (χ2n) is 5.39. The number of benzene rings is 1. The van der Waals surface area contributed by atoms with Crippen LogP contribution >= 0.6 is 11.8 Å². The average molecular weight is 358 g/mol. The van der Waals surface area contributed by atoms with Gasteiger partial charge in [0.1, 0.15) is 5.75 Å².